The first-order valence-electron chi connectivity index (χ1n) is 10.6. The standard InChI is InChI=1S/C23H23FN6O2/c24-19-12-15(6-7-20(19)29-10-8-17(31)9-11-29)13-25-23-27-21-18(22(32)28-23)14-26-30(21)16-4-2-1-3-5-16/h1-7,12,14,17,31H,8-11,13H2,(H2,25,27,28,32). The molecule has 3 heterocycles. The van der Waals surface area contributed by atoms with Gasteiger partial charge in [0, 0.05) is 19.6 Å². The summed E-state index contributed by atoms with van der Waals surface area (Å²) >= 11 is 0. The van der Waals surface area contributed by atoms with Crippen molar-refractivity contribution < 1.29 is 9.50 Å². The van der Waals surface area contributed by atoms with Crippen LogP contribution < -0.4 is 15.8 Å². The Balaban J connectivity index is 1.35. The van der Waals surface area contributed by atoms with Crippen molar-refractivity contribution in [2.75, 3.05) is 23.3 Å². The fourth-order valence-corrected chi connectivity index (χ4v) is 3.97. The zero-order chi connectivity index (χ0) is 22.1. The Kier molecular flexibility index (Phi) is 5.32. The number of nitrogens with one attached hydrogen (secondary N) is 2. The van der Waals surface area contributed by atoms with E-state index in [-0.39, 0.29) is 23.4 Å². The highest BCUT2D eigenvalue weighted by atomic mass is 19.1. The quantitative estimate of drug-likeness (QED) is 0.447. The van der Waals surface area contributed by atoms with Gasteiger partial charge in [-0.05, 0) is 42.7 Å². The van der Waals surface area contributed by atoms with E-state index in [9.17, 15) is 14.3 Å². The molecule has 5 rings (SSSR count). The summed E-state index contributed by atoms with van der Waals surface area (Å²) in [5, 5.41) is 17.4. The van der Waals surface area contributed by atoms with Gasteiger partial charge in [-0.3, -0.25) is 9.78 Å². The van der Waals surface area contributed by atoms with E-state index in [1.807, 2.05) is 41.3 Å². The molecule has 2 aromatic heterocycles. The lowest BCUT2D eigenvalue weighted by molar-refractivity contribution is 0.145. The van der Waals surface area contributed by atoms with Gasteiger partial charge in [-0.2, -0.15) is 10.1 Å². The van der Waals surface area contributed by atoms with Crippen LogP contribution in [-0.4, -0.2) is 44.0 Å². The van der Waals surface area contributed by atoms with E-state index < -0.39 is 0 Å². The van der Waals surface area contributed by atoms with E-state index >= 15 is 0 Å². The molecular weight excluding hydrogens is 411 g/mol. The molecule has 0 bridgehead atoms. The summed E-state index contributed by atoms with van der Waals surface area (Å²) in [4.78, 5) is 21.7. The highest BCUT2D eigenvalue weighted by Crippen LogP contribution is 2.24. The van der Waals surface area contributed by atoms with Gasteiger partial charge in [0.25, 0.3) is 5.56 Å². The maximum Gasteiger partial charge on any atom is 0.263 e. The van der Waals surface area contributed by atoms with Gasteiger partial charge in [0.2, 0.25) is 5.95 Å². The monoisotopic (exact) mass is 434 g/mol. The lowest BCUT2D eigenvalue weighted by Crippen LogP contribution is -2.36. The average molecular weight is 434 g/mol. The van der Waals surface area contributed by atoms with Gasteiger partial charge in [0.15, 0.2) is 5.65 Å². The molecule has 4 aromatic rings. The summed E-state index contributed by atoms with van der Waals surface area (Å²) in [5.41, 5.74) is 2.21. The second-order valence-corrected chi connectivity index (χ2v) is 7.90. The van der Waals surface area contributed by atoms with Crippen molar-refractivity contribution >= 4 is 22.7 Å². The number of aliphatic hydroxyl groups excluding tert-OH is 1. The predicted octanol–water partition coefficient (Wildman–Crippen LogP) is 2.82. The van der Waals surface area contributed by atoms with Crippen molar-refractivity contribution in [3.63, 3.8) is 0 Å². The van der Waals surface area contributed by atoms with E-state index in [1.165, 1.54) is 12.3 Å². The number of benzene rings is 2. The van der Waals surface area contributed by atoms with Crippen LogP contribution in [0.15, 0.2) is 59.5 Å². The number of anilines is 2. The number of aliphatic hydroxyl groups is 1. The SMILES string of the molecule is O=c1[nH]c(NCc2ccc(N3CCC(O)CC3)c(F)c2)nc2c1cnn2-c1ccccc1. The van der Waals surface area contributed by atoms with Gasteiger partial charge in [-0.25, -0.2) is 9.07 Å². The van der Waals surface area contributed by atoms with Gasteiger partial charge in [0.1, 0.15) is 11.2 Å². The third-order valence-corrected chi connectivity index (χ3v) is 5.72. The van der Waals surface area contributed by atoms with Gasteiger partial charge < -0.3 is 15.3 Å². The number of aromatic amines is 1. The first-order chi connectivity index (χ1) is 15.6. The molecule has 1 aliphatic rings. The minimum absolute atomic E-state index is 0.287. The largest absolute Gasteiger partial charge is 0.393 e. The van der Waals surface area contributed by atoms with Crippen molar-refractivity contribution in [1.82, 2.24) is 19.7 Å². The minimum Gasteiger partial charge on any atom is -0.393 e. The number of piperidine rings is 1. The number of H-pyrrole nitrogens is 1. The van der Waals surface area contributed by atoms with Crippen LogP contribution in [0.5, 0.6) is 0 Å². The van der Waals surface area contributed by atoms with E-state index in [4.69, 9.17) is 0 Å². The van der Waals surface area contributed by atoms with Crippen molar-refractivity contribution in [2.24, 2.45) is 0 Å². The number of nitrogens with zero attached hydrogens (tertiary/aromatic N) is 4. The molecule has 0 spiro atoms. The molecule has 1 saturated heterocycles. The number of halogens is 1. The molecule has 1 fully saturated rings. The summed E-state index contributed by atoms with van der Waals surface area (Å²) in [7, 11) is 0. The van der Waals surface area contributed by atoms with E-state index in [2.05, 4.69) is 20.4 Å². The smallest absolute Gasteiger partial charge is 0.263 e. The molecule has 0 aliphatic carbocycles. The van der Waals surface area contributed by atoms with E-state index in [0.29, 0.717) is 49.2 Å². The summed E-state index contributed by atoms with van der Waals surface area (Å²) in [6.45, 7) is 1.57. The van der Waals surface area contributed by atoms with Gasteiger partial charge in [-0.1, -0.05) is 24.3 Å². The molecule has 3 N–H and O–H groups in total. The number of hydrogen-bond donors (Lipinski definition) is 3. The Morgan fingerprint density at radius 1 is 1.16 bits per heavy atom. The van der Waals surface area contributed by atoms with Crippen LogP contribution in [0.25, 0.3) is 16.7 Å². The third-order valence-electron chi connectivity index (χ3n) is 5.72. The van der Waals surface area contributed by atoms with Crippen LogP contribution in [0.3, 0.4) is 0 Å². The molecular formula is C23H23FN6O2. The Morgan fingerprint density at radius 3 is 2.69 bits per heavy atom. The first-order valence-corrected chi connectivity index (χ1v) is 10.6. The molecule has 1 aliphatic heterocycles. The Morgan fingerprint density at radius 2 is 1.94 bits per heavy atom. The number of rotatable bonds is 5. The number of fused-ring (bicyclic) bond motifs is 1. The third kappa shape index (κ3) is 3.94. The van der Waals surface area contributed by atoms with Gasteiger partial charge >= 0.3 is 0 Å². The summed E-state index contributed by atoms with van der Waals surface area (Å²) in [5.74, 6) is -0.0190. The summed E-state index contributed by atoms with van der Waals surface area (Å²) in [6.07, 6.45) is 2.47. The number of para-hydroxylation sites is 1. The molecule has 2 aromatic carbocycles. The molecule has 8 nitrogen and oxygen atoms in total. The van der Waals surface area contributed by atoms with E-state index in [0.717, 1.165) is 11.3 Å². The van der Waals surface area contributed by atoms with Crippen molar-refractivity contribution in [3.05, 3.63) is 76.5 Å². The number of aromatic nitrogens is 4. The zero-order valence-electron chi connectivity index (χ0n) is 17.3. The predicted molar refractivity (Wildman–Crippen MR) is 121 cm³/mol. The molecule has 0 saturated carbocycles. The minimum atomic E-state index is -0.306. The molecule has 0 unspecified atom stereocenters. The number of hydrogen-bond acceptors (Lipinski definition) is 6. The molecule has 32 heavy (non-hydrogen) atoms. The molecule has 0 atom stereocenters. The van der Waals surface area contributed by atoms with Crippen molar-refractivity contribution in [2.45, 2.75) is 25.5 Å². The summed E-state index contributed by atoms with van der Waals surface area (Å²) in [6, 6.07) is 14.5. The fraction of sp³-hybridized carbons (Fsp3) is 0.261. The van der Waals surface area contributed by atoms with Crippen LogP contribution in [0.2, 0.25) is 0 Å². The molecule has 0 amide bonds. The zero-order valence-corrected chi connectivity index (χ0v) is 17.3. The topological polar surface area (TPSA) is 99.1 Å². The summed E-state index contributed by atoms with van der Waals surface area (Å²) < 4.78 is 16.3. The Hall–Kier alpha value is -3.72. The van der Waals surface area contributed by atoms with Gasteiger partial charge in [-0.15, -0.1) is 0 Å². The van der Waals surface area contributed by atoms with Crippen LogP contribution >= 0.6 is 0 Å². The van der Waals surface area contributed by atoms with Crippen molar-refractivity contribution in [1.29, 1.82) is 0 Å². The van der Waals surface area contributed by atoms with Crippen LogP contribution in [0.4, 0.5) is 16.0 Å². The molecule has 164 valence electrons. The molecule has 0 radical (unpaired) electrons. The average Bonchev–Trinajstić information content (AvgIpc) is 3.24. The maximum absolute atomic E-state index is 14.7. The normalized spacial score (nSPS) is 14.8. The van der Waals surface area contributed by atoms with Gasteiger partial charge in [0.05, 0.1) is 23.7 Å². The lowest BCUT2D eigenvalue weighted by Gasteiger charge is -2.31. The maximum atomic E-state index is 14.7. The Bertz CT molecular complexity index is 1300. The van der Waals surface area contributed by atoms with Crippen LogP contribution in [0.1, 0.15) is 18.4 Å². The van der Waals surface area contributed by atoms with E-state index in [1.54, 1.807) is 10.7 Å². The second kappa shape index (κ2) is 8.43. The Labute approximate surface area is 183 Å². The van der Waals surface area contributed by atoms with Crippen LogP contribution in [-0.2, 0) is 6.54 Å². The first kappa shape index (κ1) is 20.2. The molecule has 9 heteroatoms. The highest BCUT2D eigenvalue weighted by Gasteiger charge is 2.20. The van der Waals surface area contributed by atoms with Crippen molar-refractivity contribution in [3.8, 4) is 5.69 Å². The second-order valence-electron chi connectivity index (χ2n) is 7.90. The lowest BCUT2D eigenvalue weighted by atomic mass is 10.1. The fourth-order valence-electron chi connectivity index (χ4n) is 3.97. The highest BCUT2D eigenvalue weighted by molar-refractivity contribution is 5.76. The van der Waals surface area contributed by atoms with Crippen LogP contribution in [0, 0.1) is 5.82 Å².